The maximum absolute atomic E-state index is 12.7. The number of nitrogens with one attached hydrogen (secondary N) is 1. The van der Waals surface area contributed by atoms with Crippen LogP contribution in [0.15, 0.2) is 77.0 Å². The van der Waals surface area contributed by atoms with Gasteiger partial charge in [-0.15, -0.1) is 5.11 Å². The van der Waals surface area contributed by atoms with Crippen molar-refractivity contribution in [3.05, 3.63) is 89.0 Å². The van der Waals surface area contributed by atoms with Crippen molar-refractivity contribution in [3.63, 3.8) is 0 Å². The summed E-state index contributed by atoms with van der Waals surface area (Å²) in [6.45, 7) is 3.75. The average Bonchev–Trinajstić information content (AvgIpc) is 2.66. The monoisotopic (exact) mass is 397 g/mol. The second kappa shape index (κ2) is 8.26. The minimum absolute atomic E-state index is 0.256. The summed E-state index contributed by atoms with van der Waals surface area (Å²) in [4.78, 5) is 12.7. The van der Waals surface area contributed by atoms with E-state index in [-0.39, 0.29) is 11.3 Å². The van der Waals surface area contributed by atoms with Crippen LogP contribution in [-0.4, -0.2) is 5.91 Å². The molecule has 148 valence electrons. The maximum atomic E-state index is 12.7. The van der Waals surface area contributed by atoms with Gasteiger partial charge in [0, 0.05) is 5.69 Å². The van der Waals surface area contributed by atoms with Crippen molar-refractivity contribution >= 4 is 23.0 Å². The third-order valence-electron chi connectivity index (χ3n) is 4.22. The molecular formula is C22H18F3N3O. The molecule has 0 aliphatic carbocycles. The van der Waals surface area contributed by atoms with E-state index < -0.39 is 17.6 Å². The molecule has 0 unspecified atom stereocenters. The standard InChI is InChI=1S/C22H18F3N3O/c1-14-5-3-7-18(13-14)27-28-20-15(2)6-4-8-19(20)21(29)26-17-11-9-16(10-12-17)22(23,24)25/h3-13H,1-2H3,(H,26,29). The highest BCUT2D eigenvalue weighted by atomic mass is 19.4. The molecule has 3 aromatic carbocycles. The molecule has 7 heteroatoms. The van der Waals surface area contributed by atoms with Crippen LogP contribution >= 0.6 is 0 Å². The number of carbonyl (C=O) groups excluding carboxylic acids is 1. The number of rotatable bonds is 4. The Morgan fingerprint density at radius 3 is 2.24 bits per heavy atom. The Bertz CT molecular complexity index is 1060. The SMILES string of the molecule is Cc1cccc(N=Nc2c(C)cccc2C(=O)Nc2ccc(C(F)(F)F)cc2)c1. The van der Waals surface area contributed by atoms with E-state index in [1.54, 1.807) is 31.2 Å². The molecule has 4 nitrogen and oxygen atoms in total. The van der Waals surface area contributed by atoms with Crippen LogP contribution < -0.4 is 5.32 Å². The number of halogens is 3. The first-order chi connectivity index (χ1) is 13.7. The van der Waals surface area contributed by atoms with Crippen LogP contribution in [0.25, 0.3) is 0 Å². The van der Waals surface area contributed by atoms with Gasteiger partial charge in [-0.2, -0.15) is 18.3 Å². The smallest absolute Gasteiger partial charge is 0.322 e. The lowest BCUT2D eigenvalue weighted by Crippen LogP contribution is -2.13. The Morgan fingerprint density at radius 1 is 0.897 bits per heavy atom. The fourth-order valence-corrected chi connectivity index (χ4v) is 2.71. The van der Waals surface area contributed by atoms with E-state index in [2.05, 4.69) is 15.5 Å². The molecule has 0 bridgehead atoms. The molecule has 1 N–H and O–H groups in total. The van der Waals surface area contributed by atoms with Crippen LogP contribution in [0, 0.1) is 13.8 Å². The van der Waals surface area contributed by atoms with Gasteiger partial charge >= 0.3 is 6.18 Å². The number of hydrogen-bond donors (Lipinski definition) is 1. The van der Waals surface area contributed by atoms with Gasteiger partial charge in [-0.05, 0) is 67.4 Å². The Kier molecular flexibility index (Phi) is 5.77. The van der Waals surface area contributed by atoms with Crippen LogP contribution in [-0.2, 0) is 6.18 Å². The predicted octanol–water partition coefficient (Wildman–Crippen LogP) is 6.99. The lowest BCUT2D eigenvalue weighted by atomic mass is 10.1. The summed E-state index contributed by atoms with van der Waals surface area (Å²) in [6.07, 6.45) is -4.43. The highest BCUT2D eigenvalue weighted by Crippen LogP contribution is 2.31. The topological polar surface area (TPSA) is 53.8 Å². The van der Waals surface area contributed by atoms with E-state index in [1.165, 1.54) is 12.1 Å². The molecule has 3 aromatic rings. The van der Waals surface area contributed by atoms with E-state index in [0.717, 1.165) is 23.3 Å². The lowest BCUT2D eigenvalue weighted by molar-refractivity contribution is -0.137. The Balaban J connectivity index is 1.85. The zero-order valence-electron chi connectivity index (χ0n) is 15.8. The van der Waals surface area contributed by atoms with Crippen molar-refractivity contribution in [2.45, 2.75) is 20.0 Å². The van der Waals surface area contributed by atoms with Gasteiger partial charge in [0.2, 0.25) is 0 Å². The molecule has 1 amide bonds. The number of alkyl halides is 3. The van der Waals surface area contributed by atoms with Gasteiger partial charge < -0.3 is 5.32 Å². The zero-order valence-corrected chi connectivity index (χ0v) is 15.8. The van der Waals surface area contributed by atoms with Crippen LogP contribution in [0.4, 0.5) is 30.2 Å². The normalized spacial score (nSPS) is 11.6. The first-order valence-electron chi connectivity index (χ1n) is 8.81. The van der Waals surface area contributed by atoms with Crippen molar-refractivity contribution in [3.8, 4) is 0 Å². The molecule has 0 aromatic heterocycles. The summed E-state index contributed by atoms with van der Waals surface area (Å²) in [5.74, 6) is -0.480. The molecule has 3 rings (SSSR count). The fraction of sp³-hybridized carbons (Fsp3) is 0.136. The average molecular weight is 397 g/mol. The van der Waals surface area contributed by atoms with Gasteiger partial charge in [0.15, 0.2) is 0 Å². The van der Waals surface area contributed by atoms with Crippen molar-refractivity contribution in [2.24, 2.45) is 10.2 Å². The van der Waals surface area contributed by atoms with Gasteiger partial charge in [0.1, 0.15) is 5.69 Å². The molecule has 0 radical (unpaired) electrons. The fourth-order valence-electron chi connectivity index (χ4n) is 2.71. The highest BCUT2D eigenvalue weighted by molar-refractivity contribution is 6.08. The van der Waals surface area contributed by atoms with Gasteiger partial charge in [-0.1, -0.05) is 24.3 Å². The summed E-state index contributed by atoms with van der Waals surface area (Å²) in [7, 11) is 0. The van der Waals surface area contributed by atoms with Crippen molar-refractivity contribution in [1.29, 1.82) is 0 Å². The minimum Gasteiger partial charge on any atom is -0.322 e. The molecule has 0 saturated carbocycles. The Hall–Kier alpha value is -3.48. The second-order valence-electron chi connectivity index (χ2n) is 6.54. The summed E-state index contributed by atoms with van der Waals surface area (Å²) < 4.78 is 38.1. The van der Waals surface area contributed by atoms with Gasteiger partial charge in [0.05, 0.1) is 16.8 Å². The molecular weight excluding hydrogens is 379 g/mol. The molecule has 0 saturated heterocycles. The minimum atomic E-state index is -4.43. The van der Waals surface area contributed by atoms with Gasteiger partial charge in [0.25, 0.3) is 5.91 Å². The molecule has 0 aliphatic heterocycles. The van der Waals surface area contributed by atoms with E-state index in [4.69, 9.17) is 0 Å². The number of hydrogen-bond acceptors (Lipinski definition) is 3. The summed E-state index contributed by atoms with van der Waals surface area (Å²) in [6, 6.07) is 16.8. The van der Waals surface area contributed by atoms with Crippen LogP contribution in [0.2, 0.25) is 0 Å². The zero-order chi connectivity index (χ0) is 21.0. The van der Waals surface area contributed by atoms with Gasteiger partial charge in [-0.3, -0.25) is 4.79 Å². The largest absolute Gasteiger partial charge is 0.416 e. The third-order valence-corrected chi connectivity index (χ3v) is 4.22. The molecule has 0 spiro atoms. The first-order valence-corrected chi connectivity index (χ1v) is 8.81. The number of azo groups is 1. The van der Waals surface area contributed by atoms with Crippen molar-refractivity contribution < 1.29 is 18.0 Å². The second-order valence-corrected chi connectivity index (χ2v) is 6.54. The quantitative estimate of drug-likeness (QED) is 0.474. The van der Waals surface area contributed by atoms with E-state index in [0.29, 0.717) is 11.4 Å². The maximum Gasteiger partial charge on any atom is 0.416 e. The van der Waals surface area contributed by atoms with Crippen molar-refractivity contribution in [2.75, 3.05) is 5.32 Å². The summed E-state index contributed by atoms with van der Waals surface area (Å²) in [5.41, 5.74) is 2.60. The number of amides is 1. The molecule has 0 atom stereocenters. The molecule has 0 fully saturated rings. The van der Waals surface area contributed by atoms with E-state index in [9.17, 15) is 18.0 Å². The van der Waals surface area contributed by atoms with Crippen LogP contribution in [0.3, 0.4) is 0 Å². The number of benzene rings is 3. The molecule has 0 heterocycles. The predicted molar refractivity (Wildman–Crippen MR) is 106 cm³/mol. The lowest BCUT2D eigenvalue weighted by Gasteiger charge is -2.10. The number of aryl methyl sites for hydroxylation is 2. The van der Waals surface area contributed by atoms with Crippen molar-refractivity contribution in [1.82, 2.24) is 0 Å². The number of carbonyl (C=O) groups is 1. The number of nitrogens with zero attached hydrogens (tertiary/aromatic N) is 2. The summed E-state index contributed by atoms with van der Waals surface area (Å²) >= 11 is 0. The third kappa shape index (κ3) is 5.07. The highest BCUT2D eigenvalue weighted by Gasteiger charge is 2.30. The van der Waals surface area contributed by atoms with Crippen LogP contribution in [0.5, 0.6) is 0 Å². The summed E-state index contributed by atoms with van der Waals surface area (Å²) in [5, 5.41) is 11.1. The van der Waals surface area contributed by atoms with Crippen LogP contribution in [0.1, 0.15) is 27.0 Å². The first kappa shape index (κ1) is 20.3. The Morgan fingerprint density at radius 2 is 1.59 bits per heavy atom. The molecule has 0 aliphatic rings. The van der Waals surface area contributed by atoms with E-state index in [1.807, 2.05) is 25.1 Å². The number of anilines is 1. The van der Waals surface area contributed by atoms with Gasteiger partial charge in [-0.25, -0.2) is 0 Å². The molecule has 29 heavy (non-hydrogen) atoms. The van der Waals surface area contributed by atoms with E-state index >= 15 is 0 Å². The Labute approximate surface area is 166 Å².